The average molecular weight is 293 g/mol. The molecule has 0 atom stereocenters. The summed E-state index contributed by atoms with van der Waals surface area (Å²) in [4.78, 5) is 13.8. The van der Waals surface area contributed by atoms with Crippen LogP contribution in [0.5, 0.6) is 0 Å². The molecule has 0 unspecified atom stereocenters. The van der Waals surface area contributed by atoms with Crippen molar-refractivity contribution < 1.29 is 9.32 Å². The Morgan fingerprint density at radius 2 is 2.20 bits per heavy atom. The molecule has 0 fully saturated rings. The molecule has 0 bridgehead atoms. The molecule has 20 heavy (non-hydrogen) atoms. The van der Waals surface area contributed by atoms with E-state index in [1.165, 1.54) is 4.88 Å². The minimum Gasteiger partial charge on any atom is -0.365 e. The van der Waals surface area contributed by atoms with Crippen LogP contribution in [0.1, 0.15) is 40.8 Å². The van der Waals surface area contributed by atoms with Crippen LogP contribution in [0.2, 0.25) is 0 Å². The number of carbonyl (C=O) groups excluding carboxylic acids is 1. The lowest BCUT2D eigenvalue weighted by atomic mass is 10.1. The fourth-order valence-electron chi connectivity index (χ4n) is 2.04. The van der Waals surface area contributed by atoms with Crippen molar-refractivity contribution in [1.29, 1.82) is 0 Å². The van der Waals surface area contributed by atoms with Crippen molar-refractivity contribution in [2.24, 2.45) is 11.5 Å². The lowest BCUT2D eigenvalue weighted by molar-refractivity contribution is 0.0999. The second-order valence-electron chi connectivity index (χ2n) is 4.56. The number of primary amides is 1. The lowest BCUT2D eigenvalue weighted by Crippen LogP contribution is -2.13. The summed E-state index contributed by atoms with van der Waals surface area (Å²) in [6, 6.07) is 3.99. The largest absolute Gasteiger partial charge is 0.365 e. The Kier molecular flexibility index (Phi) is 4.92. The maximum atomic E-state index is 11.7. The van der Waals surface area contributed by atoms with Gasteiger partial charge in [0.25, 0.3) is 5.91 Å². The molecule has 0 spiro atoms. The molecule has 0 aliphatic carbocycles. The van der Waals surface area contributed by atoms with Crippen LogP contribution < -0.4 is 11.5 Å². The monoisotopic (exact) mass is 293 g/mol. The predicted molar refractivity (Wildman–Crippen MR) is 79.7 cm³/mol. The minimum atomic E-state index is -0.490. The Labute approximate surface area is 121 Å². The number of thiophene rings is 1. The van der Waals surface area contributed by atoms with Gasteiger partial charge in [0.1, 0.15) is 17.0 Å². The highest BCUT2D eigenvalue weighted by atomic mass is 32.1. The quantitative estimate of drug-likeness (QED) is 0.766. The first-order chi connectivity index (χ1) is 9.67. The molecule has 0 saturated carbocycles. The molecule has 0 aliphatic rings. The summed E-state index contributed by atoms with van der Waals surface area (Å²) in [6.45, 7) is 2.71. The topological polar surface area (TPSA) is 95.1 Å². The summed E-state index contributed by atoms with van der Waals surface area (Å²) < 4.78 is 5.32. The zero-order valence-electron chi connectivity index (χ0n) is 11.5. The molecule has 0 aromatic carbocycles. The van der Waals surface area contributed by atoms with E-state index in [2.05, 4.69) is 12.1 Å². The first kappa shape index (κ1) is 14.7. The maximum Gasteiger partial charge on any atom is 0.254 e. The SMILES string of the molecule is CCc1ccc(-c2noc(CCCCN)c2C(N)=O)s1. The molecule has 2 heterocycles. The third-order valence-electron chi connectivity index (χ3n) is 3.11. The molecule has 5 nitrogen and oxygen atoms in total. The normalized spacial score (nSPS) is 10.9. The van der Waals surface area contributed by atoms with E-state index < -0.39 is 5.91 Å². The van der Waals surface area contributed by atoms with Gasteiger partial charge in [0.2, 0.25) is 0 Å². The number of hydrogen-bond acceptors (Lipinski definition) is 5. The van der Waals surface area contributed by atoms with Gasteiger partial charge in [-0.1, -0.05) is 12.1 Å². The number of unbranched alkanes of at least 4 members (excludes halogenated alkanes) is 1. The van der Waals surface area contributed by atoms with E-state index in [1.807, 2.05) is 12.1 Å². The number of nitrogens with zero attached hydrogens (tertiary/aromatic N) is 1. The molecule has 2 rings (SSSR count). The number of nitrogens with two attached hydrogens (primary N) is 2. The third kappa shape index (κ3) is 3.08. The van der Waals surface area contributed by atoms with Crippen molar-refractivity contribution in [1.82, 2.24) is 5.16 Å². The minimum absolute atomic E-state index is 0.409. The molecule has 0 radical (unpaired) electrons. The summed E-state index contributed by atoms with van der Waals surface area (Å²) in [5.41, 5.74) is 11.9. The van der Waals surface area contributed by atoms with Crippen LogP contribution in [0, 0.1) is 0 Å². The van der Waals surface area contributed by atoms with Crippen molar-refractivity contribution in [3.63, 3.8) is 0 Å². The molecule has 2 aromatic heterocycles. The van der Waals surface area contributed by atoms with Gasteiger partial charge < -0.3 is 16.0 Å². The Bertz CT molecular complexity index is 589. The van der Waals surface area contributed by atoms with Crippen molar-refractivity contribution >= 4 is 17.2 Å². The van der Waals surface area contributed by atoms with Crippen LogP contribution in [0.15, 0.2) is 16.7 Å². The molecule has 0 aliphatic heterocycles. The number of aromatic nitrogens is 1. The number of amides is 1. The van der Waals surface area contributed by atoms with E-state index in [4.69, 9.17) is 16.0 Å². The standard InChI is InChI=1S/C14H19N3O2S/c1-2-9-6-7-11(20-9)13-12(14(16)18)10(19-17-13)5-3-4-8-15/h6-7H,2-5,8,15H2,1H3,(H2,16,18). The highest BCUT2D eigenvalue weighted by Crippen LogP contribution is 2.32. The van der Waals surface area contributed by atoms with Crippen molar-refractivity contribution in [2.45, 2.75) is 32.6 Å². The predicted octanol–water partition coefficient (Wildman–Crippen LogP) is 2.35. The first-order valence-electron chi connectivity index (χ1n) is 6.74. The van der Waals surface area contributed by atoms with Gasteiger partial charge in [-0.2, -0.15) is 0 Å². The summed E-state index contributed by atoms with van der Waals surface area (Å²) in [5.74, 6) is 0.0721. The van der Waals surface area contributed by atoms with Gasteiger partial charge in [0.05, 0.1) is 4.88 Å². The van der Waals surface area contributed by atoms with E-state index in [9.17, 15) is 4.79 Å². The van der Waals surface area contributed by atoms with Crippen LogP contribution >= 0.6 is 11.3 Å². The highest BCUT2D eigenvalue weighted by molar-refractivity contribution is 7.15. The van der Waals surface area contributed by atoms with Gasteiger partial charge in [-0.25, -0.2) is 0 Å². The molecule has 1 amide bonds. The van der Waals surface area contributed by atoms with Crippen LogP contribution in [-0.2, 0) is 12.8 Å². The van der Waals surface area contributed by atoms with Gasteiger partial charge >= 0.3 is 0 Å². The van der Waals surface area contributed by atoms with Crippen LogP contribution in [-0.4, -0.2) is 17.6 Å². The molecule has 2 aromatic rings. The van der Waals surface area contributed by atoms with E-state index in [0.717, 1.165) is 24.1 Å². The zero-order chi connectivity index (χ0) is 14.5. The highest BCUT2D eigenvalue weighted by Gasteiger charge is 2.22. The summed E-state index contributed by atoms with van der Waals surface area (Å²) in [7, 11) is 0. The maximum absolute atomic E-state index is 11.7. The number of carbonyl (C=O) groups is 1. The summed E-state index contributed by atoms with van der Waals surface area (Å²) in [5, 5.41) is 4.04. The fraction of sp³-hybridized carbons (Fsp3) is 0.429. The molecule has 4 N–H and O–H groups in total. The number of rotatable bonds is 7. The second-order valence-corrected chi connectivity index (χ2v) is 5.73. The molecular weight excluding hydrogens is 274 g/mol. The Balaban J connectivity index is 2.31. The number of hydrogen-bond donors (Lipinski definition) is 2. The van der Waals surface area contributed by atoms with Gasteiger partial charge in [0.15, 0.2) is 0 Å². The van der Waals surface area contributed by atoms with E-state index in [1.54, 1.807) is 11.3 Å². The Morgan fingerprint density at radius 1 is 1.40 bits per heavy atom. The fourth-order valence-corrected chi connectivity index (χ4v) is 2.98. The van der Waals surface area contributed by atoms with Gasteiger partial charge in [-0.05, 0) is 37.9 Å². The Hall–Kier alpha value is -1.66. The lowest BCUT2D eigenvalue weighted by Gasteiger charge is -1.98. The summed E-state index contributed by atoms with van der Waals surface area (Å²) in [6.07, 6.45) is 3.33. The Morgan fingerprint density at radius 3 is 2.80 bits per heavy atom. The van der Waals surface area contributed by atoms with E-state index >= 15 is 0 Å². The summed E-state index contributed by atoms with van der Waals surface area (Å²) >= 11 is 1.61. The smallest absolute Gasteiger partial charge is 0.254 e. The van der Waals surface area contributed by atoms with Crippen molar-refractivity contribution in [3.05, 3.63) is 28.3 Å². The average Bonchev–Trinajstić information content (AvgIpc) is 3.04. The number of aryl methyl sites for hydroxylation is 2. The molecular formula is C14H19N3O2S. The third-order valence-corrected chi connectivity index (χ3v) is 4.35. The van der Waals surface area contributed by atoms with Crippen LogP contribution in [0.3, 0.4) is 0 Å². The van der Waals surface area contributed by atoms with E-state index in [-0.39, 0.29) is 0 Å². The van der Waals surface area contributed by atoms with Gasteiger partial charge in [0, 0.05) is 11.3 Å². The van der Waals surface area contributed by atoms with Crippen molar-refractivity contribution in [2.75, 3.05) is 6.54 Å². The molecule has 108 valence electrons. The van der Waals surface area contributed by atoms with Gasteiger partial charge in [-0.15, -0.1) is 11.3 Å². The second kappa shape index (κ2) is 6.67. The molecule has 0 saturated heterocycles. The first-order valence-corrected chi connectivity index (χ1v) is 7.56. The van der Waals surface area contributed by atoms with Gasteiger partial charge in [-0.3, -0.25) is 4.79 Å². The van der Waals surface area contributed by atoms with Crippen molar-refractivity contribution in [3.8, 4) is 10.6 Å². The van der Waals surface area contributed by atoms with Crippen LogP contribution in [0.4, 0.5) is 0 Å². The van der Waals surface area contributed by atoms with Crippen LogP contribution in [0.25, 0.3) is 10.6 Å². The molecule has 6 heteroatoms. The van der Waals surface area contributed by atoms with E-state index in [0.29, 0.717) is 30.0 Å². The zero-order valence-corrected chi connectivity index (χ0v) is 12.3.